The van der Waals surface area contributed by atoms with Gasteiger partial charge in [0.25, 0.3) is 0 Å². The van der Waals surface area contributed by atoms with Crippen LogP contribution >= 0.6 is 22.9 Å². The fourth-order valence-electron chi connectivity index (χ4n) is 2.23. The molecule has 25 heavy (non-hydrogen) atoms. The van der Waals surface area contributed by atoms with Crippen molar-refractivity contribution in [2.45, 2.75) is 26.7 Å². The number of unbranched alkanes of at least 4 members (excludes halogenated alkanes) is 1. The molecule has 2 rings (SSSR count). The first-order chi connectivity index (χ1) is 12.1. The maximum Gasteiger partial charge on any atom is 0.337 e. The fourth-order valence-corrected chi connectivity index (χ4v) is 3.24. The van der Waals surface area contributed by atoms with E-state index in [2.05, 4.69) is 6.92 Å². The van der Waals surface area contributed by atoms with Gasteiger partial charge in [-0.25, -0.2) is 4.79 Å². The highest BCUT2D eigenvalue weighted by Gasteiger charge is 2.15. The molecule has 1 N–H and O–H groups in total. The number of carbonyl (C=O) groups is 1. The number of benzene rings is 1. The number of hydrogen-bond donors (Lipinski definition) is 1. The van der Waals surface area contributed by atoms with Crippen molar-refractivity contribution in [3.8, 4) is 11.5 Å². The molecule has 1 heterocycles. The lowest BCUT2D eigenvalue weighted by Gasteiger charge is -2.14. The van der Waals surface area contributed by atoms with Gasteiger partial charge in [0.1, 0.15) is 0 Å². The summed E-state index contributed by atoms with van der Waals surface area (Å²) < 4.78 is 11.4. The van der Waals surface area contributed by atoms with Gasteiger partial charge in [-0.2, -0.15) is 0 Å². The van der Waals surface area contributed by atoms with Crippen LogP contribution in [0.15, 0.2) is 29.6 Å². The van der Waals surface area contributed by atoms with E-state index in [1.54, 1.807) is 24.3 Å². The molecule has 1 aromatic heterocycles. The summed E-state index contributed by atoms with van der Waals surface area (Å²) in [5.74, 6) is 0.0372. The van der Waals surface area contributed by atoms with Crippen molar-refractivity contribution in [3.05, 3.63) is 45.1 Å². The van der Waals surface area contributed by atoms with E-state index in [1.807, 2.05) is 18.4 Å². The quantitative estimate of drug-likeness (QED) is 0.454. The van der Waals surface area contributed by atoms with E-state index in [1.165, 1.54) is 11.3 Å². The van der Waals surface area contributed by atoms with Gasteiger partial charge >= 0.3 is 5.97 Å². The van der Waals surface area contributed by atoms with E-state index in [9.17, 15) is 9.90 Å². The Balaban J connectivity index is 2.41. The first-order valence-electron chi connectivity index (χ1n) is 8.14. The van der Waals surface area contributed by atoms with Crippen LogP contribution < -0.4 is 9.47 Å². The van der Waals surface area contributed by atoms with Crippen LogP contribution in [0, 0.1) is 0 Å². The Hall–Kier alpha value is -1.98. The summed E-state index contributed by atoms with van der Waals surface area (Å²) in [5.41, 5.74) is 0.871. The Morgan fingerprint density at radius 3 is 2.72 bits per heavy atom. The van der Waals surface area contributed by atoms with Crippen molar-refractivity contribution in [3.63, 3.8) is 0 Å². The number of rotatable bonds is 9. The van der Waals surface area contributed by atoms with Gasteiger partial charge in [-0.3, -0.25) is 0 Å². The Bertz CT molecular complexity index is 738. The maximum absolute atomic E-state index is 11.6. The van der Waals surface area contributed by atoms with Crippen molar-refractivity contribution >= 4 is 40.6 Å². The summed E-state index contributed by atoms with van der Waals surface area (Å²) in [6.07, 6.45) is 3.54. The molecule has 0 fully saturated rings. The third-order valence-electron chi connectivity index (χ3n) is 3.40. The van der Waals surface area contributed by atoms with Gasteiger partial charge in [-0.05, 0) is 48.6 Å². The molecule has 0 aliphatic heterocycles. The van der Waals surface area contributed by atoms with Crippen LogP contribution in [0.5, 0.6) is 11.5 Å². The van der Waals surface area contributed by atoms with E-state index < -0.39 is 5.97 Å². The number of carboxylic acids is 1. The van der Waals surface area contributed by atoms with Crippen molar-refractivity contribution in [1.29, 1.82) is 0 Å². The lowest BCUT2D eigenvalue weighted by atomic mass is 10.1. The summed E-state index contributed by atoms with van der Waals surface area (Å²) in [6, 6.07) is 7.05. The van der Waals surface area contributed by atoms with Gasteiger partial charge in [0, 0.05) is 4.88 Å². The molecule has 0 unspecified atom stereocenters. The normalized spacial score (nSPS) is 11.4. The van der Waals surface area contributed by atoms with Gasteiger partial charge in [0.15, 0.2) is 11.5 Å². The standard InChI is InChI=1S/C19H21ClO4S/c1-3-5-8-24-18-15(20)11-13(12-16(18)23-4-2)10-14(19(21)22)17-7-6-9-25-17/h6-7,9-12H,3-5,8H2,1-2H3,(H,21,22)/b14-10-. The summed E-state index contributed by atoms with van der Waals surface area (Å²) >= 11 is 7.73. The number of hydrogen-bond acceptors (Lipinski definition) is 4. The van der Waals surface area contributed by atoms with Crippen LogP contribution in [0.4, 0.5) is 0 Å². The average molecular weight is 381 g/mol. The van der Waals surface area contributed by atoms with E-state index in [-0.39, 0.29) is 5.57 Å². The van der Waals surface area contributed by atoms with Gasteiger partial charge in [0.2, 0.25) is 0 Å². The predicted octanol–water partition coefficient (Wildman–Crippen LogP) is 5.60. The lowest BCUT2D eigenvalue weighted by Crippen LogP contribution is -2.02. The maximum atomic E-state index is 11.6. The van der Waals surface area contributed by atoms with Crippen LogP contribution in [0.1, 0.15) is 37.1 Å². The predicted molar refractivity (Wildman–Crippen MR) is 103 cm³/mol. The number of carboxylic acid groups (broad SMARTS) is 1. The second kappa shape index (κ2) is 9.49. The van der Waals surface area contributed by atoms with Gasteiger partial charge < -0.3 is 14.6 Å². The third-order valence-corrected chi connectivity index (χ3v) is 4.59. The minimum absolute atomic E-state index is 0.216. The number of aliphatic carboxylic acids is 1. The molecule has 0 saturated heterocycles. The zero-order valence-electron chi connectivity index (χ0n) is 14.3. The number of halogens is 1. The molecule has 4 nitrogen and oxygen atoms in total. The molecule has 0 bridgehead atoms. The third kappa shape index (κ3) is 5.25. The van der Waals surface area contributed by atoms with Crippen molar-refractivity contribution in [2.75, 3.05) is 13.2 Å². The molecule has 0 radical (unpaired) electrons. The first kappa shape index (κ1) is 19.3. The molecule has 0 spiro atoms. The summed E-state index contributed by atoms with van der Waals surface area (Å²) in [6.45, 7) is 4.98. The zero-order chi connectivity index (χ0) is 18.2. The van der Waals surface area contributed by atoms with Crippen LogP contribution in [-0.4, -0.2) is 24.3 Å². The van der Waals surface area contributed by atoms with Gasteiger partial charge in [0.05, 0.1) is 23.8 Å². The molecular weight excluding hydrogens is 360 g/mol. The first-order valence-corrected chi connectivity index (χ1v) is 9.40. The van der Waals surface area contributed by atoms with E-state index in [0.717, 1.165) is 12.8 Å². The highest BCUT2D eigenvalue weighted by atomic mass is 35.5. The monoisotopic (exact) mass is 380 g/mol. The van der Waals surface area contributed by atoms with Crippen LogP contribution in [0.3, 0.4) is 0 Å². The molecule has 134 valence electrons. The fraction of sp³-hybridized carbons (Fsp3) is 0.316. The molecule has 0 atom stereocenters. The molecule has 1 aromatic carbocycles. The minimum atomic E-state index is -0.986. The molecule has 0 aliphatic rings. The Labute approximate surface area is 156 Å². The number of thiophene rings is 1. The van der Waals surface area contributed by atoms with Crippen LogP contribution in [0.2, 0.25) is 5.02 Å². The number of ether oxygens (including phenoxy) is 2. The van der Waals surface area contributed by atoms with Gasteiger partial charge in [-0.15, -0.1) is 11.3 Å². The summed E-state index contributed by atoms with van der Waals surface area (Å²) in [7, 11) is 0. The SMILES string of the molecule is CCCCOc1c(Cl)cc(/C=C(\C(=O)O)c2cccs2)cc1OCC. The highest BCUT2D eigenvalue weighted by Crippen LogP contribution is 2.38. The Morgan fingerprint density at radius 2 is 2.12 bits per heavy atom. The molecule has 6 heteroatoms. The zero-order valence-corrected chi connectivity index (χ0v) is 15.8. The largest absolute Gasteiger partial charge is 0.490 e. The Morgan fingerprint density at radius 1 is 1.32 bits per heavy atom. The molecule has 2 aromatic rings. The topological polar surface area (TPSA) is 55.8 Å². The second-order valence-electron chi connectivity index (χ2n) is 5.31. The smallest absolute Gasteiger partial charge is 0.337 e. The average Bonchev–Trinajstić information content (AvgIpc) is 3.09. The van der Waals surface area contributed by atoms with Crippen LogP contribution in [0.25, 0.3) is 11.6 Å². The molecular formula is C19H21ClO4S. The minimum Gasteiger partial charge on any atom is -0.490 e. The molecule has 0 saturated carbocycles. The second-order valence-corrected chi connectivity index (χ2v) is 6.66. The van der Waals surface area contributed by atoms with Crippen molar-refractivity contribution in [1.82, 2.24) is 0 Å². The van der Waals surface area contributed by atoms with E-state index in [4.69, 9.17) is 21.1 Å². The summed E-state index contributed by atoms with van der Waals surface area (Å²) in [4.78, 5) is 12.3. The Kier molecular flexibility index (Phi) is 7.34. The van der Waals surface area contributed by atoms with Crippen molar-refractivity contribution in [2.24, 2.45) is 0 Å². The molecule has 0 amide bonds. The van der Waals surface area contributed by atoms with Crippen LogP contribution in [-0.2, 0) is 4.79 Å². The molecule has 0 aliphatic carbocycles. The van der Waals surface area contributed by atoms with E-state index in [0.29, 0.717) is 40.2 Å². The van der Waals surface area contributed by atoms with Crippen molar-refractivity contribution < 1.29 is 19.4 Å². The highest BCUT2D eigenvalue weighted by molar-refractivity contribution is 7.11. The summed E-state index contributed by atoms with van der Waals surface area (Å²) in [5, 5.41) is 11.7. The van der Waals surface area contributed by atoms with E-state index >= 15 is 0 Å². The van der Waals surface area contributed by atoms with Gasteiger partial charge in [-0.1, -0.05) is 31.0 Å². The lowest BCUT2D eigenvalue weighted by molar-refractivity contribution is -0.130.